The van der Waals surface area contributed by atoms with E-state index in [-0.39, 0.29) is 6.61 Å². The van der Waals surface area contributed by atoms with Crippen molar-refractivity contribution < 1.29 is 19.1 Å². The van der Waals surface area contributed by atoms with Crippen molar-refractivity contribution >= 4 is 39.6 Å². The Kier molecular flexibility index (Phi) is 6.77. The number of carbonyl (C=O) groups is 2. The van der Waals surface area contributed by atoms with Crippen LogP contribution in [0.25, 0.3) is 6.08 Å². The predicted molar refractivity (Wildman–Crippen MR) is 100 cm³/mol. The smallest absolute Gasteiger partial charge is 0.331 e. The highest BCUT2D eigenvalue weighted by Crippen LogP contribution is 2.25. The van der Waals surface area contributed by atoms with Gasteiger partial charge in [-0.05, 0) is 48.4 Å². The SMILES string of the molecule is COc1ccc(C)cc1NC(=O)COC(=O)/C=C/c1cccc(Br)c1. The number of carbonyl (C=O) groups excluding carboxylic acids is 2. The lowest BCUT2D eigenvalue weighted by atomic mass is 10.2. The molecule has 1 amide bonds. The van der Waals surface area contributed by atoms with Crippen LogP contribution in [0.2, 0.25) is 0 Å². The molecule has 1 N–H and O–H groups in total. The minimum absolute atomic E-state index is 0.376. The van der Waals surface area contributed by atoms with Gasteiger partial charge in [0, 0.05) is 10.5 Å². The number of anilines is 1. The van der Waals surface area contributed by atoms with Gasteiger partial charge in [-0.1, -0.05) is 34.1 Å². The van der Waals surface area contributed by atoms with E-state index in [1.54, 1.807) is 18.2 Å². The summed E-state index contributed by atoms with van der Waals surface area (Å²) in [6.07, 6.45) is 2.90. The maximum absolute atomic E-state index is 11.9. The molecule has 0 radical (unpaired) electrons. The van der Waals surface area contributed by atoms with Crippen LogP contribution in [0.4, 0.5) is 5.69 Å². The average molecular weight is 404 g/mol. The van der Waals surface area contributed by atoms with Crippen LogP contribution in [0.5, 0.6) is 5.75 Å². The van der Waals surface area contributed by atoms with Crippen molar-refractivity contribution in [3.05, 3.63) is 64.1 Å². The topological polar surface area (TPSA) is 64.6 Å². The minimum atomic E-state index is -0.591. The number of hydrogen-bond donors (Lipinski definition) is 1. The molecular formula is C19H18BrNO4. The fraction of sp³-hybridized carbons (Fsp3) is 0.158. The summed E-state index contributed by atoms with van der Waals surface area (Å²) in [4.78, 5) is 23.7. The molecule has 6 heteroatoms. The molecule has 0 atom stereocenters. The number of hydrogen-bond acceptors (Lipinski definition) is 4. The van der Waals surface area contributed by atoms with E-state index in [4.69, 9.17) is 9.47 Å². The molecule has 0 heterocycles. The van der Waals surface area contributed by atoms with E-state index < -0.39 is 11.9 Å². The fourth-order valence-corrected chi connectivity index (χ4v) is 2.48. The van der Waals surface area contributed by atoms with E-state index in [2.05, 4.69) is 21.2 Å². The number of halogens is 1. The summed E-state index contributed by atoms with van der Waals surface area (Å²) in [6.45, 7) is 1.53. The van der Waals surface area contributed by atoms with Gasteiger partial charge in [-0.3, -0.25) is 4.79 Å². The molecule has 0 aliphatic heterocycles. The average Bonchev–Trinajstić information content (AvgIpc) is 2.58. The molecule has 0 aliphatic carbocycles. The van der Waals surface area contributed by atoms with Gasteiger partial charge in [-0.15, -0.1) is 0 Å². The quantitative estimate of drug-likeness (QED) is 0.585. The molecule has 0 aromatic heterocycles. The maximum Gasteiger partial charge on any atom is 0.331 e. The lowest BCUT2D eigenvalue weighted by Gasteiger charge is -2.10. The van der Waals surface area contributed by atoms with Crippen LogP contribution < -0.4 is 10.1 Å². The maximum atomic E-state index is 11.9. The van der Waals surface area contributed by atoms with Crippen LogP contribution >= 0.6 is 15.9 Å². The lowest BCUT2D eigenvalue weighted by molar-refractivity contribution is -0.142. The van der Waals surface area contributed by atoms with Crippen molar-refractivity contribution in [2.45, 2.75) is 6.92 Å². The Balaban J connectivity index is 1.87. The van der Waals surface area contributed by atoms with Crippen molar-refractivity contribution in [2.75, 3.05) is 19.0 Å². The highest BCUT2D eigenvalue weighted by Gasteiger charge is 2.09. The second kappa shape index (κ2) is 9.03. The third kappa shape index (κ3) is 6.08. The second-order valence-corrected chi connectivity index (χ2v) is 6.16. The number of methoxy groups -OCH3 is 1. The molecule has 25 heavy (non-hydrogen) atoms. The number of benzene rings is 2. The Morgan fingerprint density at radius 3 is 2.72 bits per heavy atom. The van der Waals surface area contributed by atoms with Crippen LogP contribution in [-0.4, -0.2) is 25.6 Å². The summed E-state index contributed by atoms with van der Waals surface area (Å²) >= 11 is 3.35. The molecule has 2 aromatic carbocycles. The third-order valence-corrected chi connectivity index (χ3v) is 3.73. The first-order chi connectivity index (χ1) is 12.0. The molecule has 5 nitrogen and oxygen atoms in total. The van der Waals surface area contributed by atoms with E-state index in [0.29, 0.717) is 11.4 Å². The van der Waals surface area contributed by atoms with Gasteiger partial charge in [0.2, 0.25) is 0 Å². The zero-order valence-electron chi connectivity index (χ0n) is 13.9. The Bertz CT molecular complexity index is 802. The zero-order chi connectivity index (χ0) is 18.2. The number of nitrogens with one attached hydrogen (secondary N) is 1. The van der Waals surface area contributed by atoms with Gasteiger partial charge in [-0.2, -0.15) is 0 Å². The van der Waals surface area contributed by atoms with E-state index in [1.165, 1.54) is 13.2 Å². The molecule has 0 saturated carbocycles. The van der Waals surface area contributed by atoms with Gasteiger partial charge in [0.05, 0.1) is 12.8 Å². The van der Waals surface area contributed by atoms with Crippen LogP contribution in [0, 0.1) is 6.92 Å². The van der Waals surface area contributed by atoms with Gasteiger partial charge in [0.25, 0.3) is 5.91 Å². The fourth-order valence-electron chi connectivity index (χ4n) is 2.07. The van der Waals surface area contributed by atoms with Gasteiger partial charge in [-0.25, -0.2) is 4.79 Å². The van der Waals surface area contributed by atoms with E-state index >= 15 is 0 Å². The monoisotopic (exact) mass is 403 g/mol. The molecule has 2 aromatic rings. The van der Waals surface area contributed by atoms with Gasteiger partial charge in [0.15, 0.2) is 6.61 Å². The van der Waals surface area contributed by atoms with Crippen molar-refractivity contribution in [1.29, 1.82) is 0 Å². The Morgan fingerprint density at radius 2 is 2.00 bits per heavy atom. The third-order valence-electron chi connectivity index (χ3n) is 3.24. The predicted octanol–water partition coefficient (Wildman–Crippen LogP) is 3.96. The van der Waals surface area contributed by atoms with Gasteiger partial charge < -0.3 is 14.8 Å². The molecular weight excluding hydrogens is 386 g/mol. The number of rotatable bonds is 6. The Hall–Kier alpha value is -2.60. The summed E-state index contributed by atoms with van der Waals surface area (Å²) in [5, 5.41) is 2.67. The van der Waals surface area contributed by atoms with Gasteiger partial charge >= 0.3 is 5.97 Å². The summed E-state index contributed by atoms with van der Waals surface area (Å²) in [5.41, 5.74) is 2.36. The largest absolute Gasteiger partial charge is 0.495 e. The first kappa shape index (κ1) is 18.7. The lowest BCUT2D eigenvalue weighted by Crippen LogP contribution is -2.20. The minimum Gasteiger partial charge on any atom is -0.495 e. The van der Waals surface area contributed by atoms with Crippen molar-refractivity contribution in [3.63, 3.8) is 0 Å². The first-order valence-corrected chi connectivity index (χ1v) is 8.32. The van der Waals surface area contributed by atoms with Gasteiger partial charge in [0.1, 0.15) is 5.75 Å². The van der Waals surface area contributed by atoms with Crippen LogP contribution in [-0.2, 0) is 14.3 Å². The number of amides is 1. The highest BCUT2D eigenvalue weighted by atomic mass is 79.9. The highest BCUT2D eigenvalue weighted by molar-refractivity contribution is 9.10. The number of esters is 1. The summed E-state index contributed by atoms with van der Waals surface area (Å²) in [5.74, 6) is -0.487. The second-order valence-electron chi connectivity index (χ2n) is 5.25. The van der Waals surface area contributed by atoms with E-state index in [9.17, 15) is 9.59 Å². The first-order valence-electron chi connectivity index (χ1n) is 7.53. The molecule has 0 spiro atoms. The van der Waals surface area contributed by atoms with Crippen molar-refractivity contribution in [2.24, 2.45) is 0 Å². The number of aryl methyl sites for hydroxylation is 1. The van der Waals surface area contributed by atoms with Crippen LogP contribution in [0.3, 0.4) is 0 Å². The van der Waals surface area contributed by atoms with E-state index in [1.807, 2.05) is 37.3 Å². The van der Waals surface area contributed by atoms with Crippen molar-refractivity contribution in [3.8, 4) is 5.75 Å². The number of ether oxygens (including phenoxy) is 2. The summed E-state index contributed by atoms with van der Waals surface area (Å²) in [6, 6.07) is 12.9. The molecule has 0 fully saturated rings. The molecule has 0 unspecified atom stereocenters. The summed E-state index contributed by atoms with van der Waals surface area (Å²) < 4.78 is 11.0. The zero-order valence-corrected chi connectivity index (χ0v) is 15.5. The Morgan fingerprint density at radius 1 is 1.20 bits per heavy atom. The van der Waals surface area contributed by atoms with Crippen LogP contribution in [0.1, 0.15) is 11.1 Å². The van der Waals surface area contributed by atoms with Crippen LogP contribution in [0.15, 0.2) is 53.0 Å². The molecule has 0 saturated heterocycles. The molecule has 2 rings (SSSR count). The standard InChI is InChI=1S/C19H18BrNO4/c1-13-6-8-17(24-2)16(10-13)21-18(22)12-25-19(23)9-7-14-4-3-5-15(20)11-14/h3-11H,12H2,1-2H3,(H,21,22)/b9-7+. The molecule has 0 aliphatic rings. The molecule has 130 valence electrons. The van der Waals surface area contributed by atoms with E-state index in [0.717, 1.165) is 15.6 Å². The van der Waals surface area contributed by atoms with Crippen molar-refractivity contribution in [1.82, 2.24) is 0 Å². The molecule has 0 bridgehead atoms. The summed E-state index contributed by atoms with van der Waals surface area (Å²) in [7, 11) is 1.52. The normalized spacial score (nSPS) is 10.5. The Labute approximate surface area is 154 Å².